The molecule has 290 valence electrons. The third-order valence-electron chi connectivity index (χ3n) is 10.2. The number of ether oxygens (including phenoxy) is 11. The second kappa shape index (κ2) is 18.2. The molecule has 0 amide bonds. The van der Waals surface area contributed by atoms with E-state index >= 15 is 0 Å². The van der Waals surface area contributed by atoms with Crippen LogP contribution in [0.15, 0.2) is 91.0 Å². The van der Waals surface area contributed by atoms with Crippen LogP contribution in [-0.4, -0.2) is 118 Å². The molecule has 0 aliphatic carbocycles. The molecule has 0 bridgehead atoms. The molecular formula is C40H52O13. The highest BCUT2D eigenvalue weighted by Gasteiger charge is 2.64. The Balaban J connectivity index is 1.36. The first-order valence-electron chi connectivity index (χ1n) is 17.9. The van der Waals surface area contributed by atoms with Crippen molar-refractivity contribution in [3.8, 4) is 0 Å². The van der Waals surface area contributed by atoms with E-state index in [-0.39, 0.29) is 19.8 Å². The van der Waals surface area contributed by atoms with Crippen LogP contribution in [0.25, 0.3) is 0 Å². The maximum atomic E-state index is 10.8. The minimum Gasteiger partial charge on any atom is -0.394 e. The van der Waals surface area contributed by atoms with Gasteiger partial charge in [-0.05, 0) is 30.5 Å². The Morgan fingerprint density at radius 1 is 0.528 bits per heavy atom. The maximum absolute atomic E-state index is 10.8. The summed E-state index contributed by atoms with van der Waals surface area (Å²) < 4.78 is 69.9. The molecule has 6 rings (SSSR count). The second-order valence-electron chi connectivity index (χ2n) is 13.5. The molecule has 53 heavy (non-hydrogen) atoms. The summed E-state index contributed by atoms with van der Waals surface area (Å²) in [5.74, 6) is -2.79. The normalized spacial score (nSPS) is 35.8. The molecule has 0 aromatic heterocycles. The van der Waals surface area contributed by atoms with E-state index in [1.54, 1.807) is 13.8 Å². The number of rotatable bonds is 16. The van der Waals surface area contributed by atoms with Crippen LogP contribution in [0.4, 0.5) is 0 Å². The molecule has 3 aromatic rings. The molecule has 3 aliphatic rings. The molecule has 3 aliphatic heterocycles. The van der Waals surface area contributed by atoms with E-state index in [4.69, 9.17) is 52.1 Å². The molecule has 3 saturated heterocycles. The molecular weight excluding hydrogens is 688 g/mol. The molecule has 0 radical (unpaired) electrons. The molecule has 0 spiro atoms. The molecule has 12 atom stereocenters. The van der Waals surface area contributed by atoms with Gasteiger partial charge in [-0.25, -0.2) is 0 Å². The predicted molar refractivity (Wildman–Crippen MR) is 189 cm³/mol. The van der Waals surface area contributed by atoms with E-state index in [2.05, 4.69) is 0 Å². The summed E-state index contributed by atoms with van der Waals surface area (Å²) in [4.78, 5) is 0. The average Bonchev–Trinajstić information content (AvgIpc) is 3.20. The third kappa shape index (κ3) is 8.84. The van der Waals surface area contributed by atoms with Gasteiger partial charge in [0.25, 0.3) is 0 Å². The topological polar surface area (TPSA) is 142 Å². The largest absolute Gasteiger partial charge is 0.394 e. The fourth-order valence-corrected chi connectivity index (χ4v) is 7.00. The lowest BCUT2D eigenvalue weighted by Gasteiger charge is -2.57. The van der Waals surface area contributed by atoms with Gasteiger partial charge >= 0.3 is 0 Å². The predicted octanol–water partition coefficient (Wildman–Crippen LogP) is 3.72. The van der Waals surface area contributed by atoms with Crippen molar-refractivity contribution in [2.45, 2.75) is 107 Å². The Kier molecular flexibility index (Phi) is 13.7. The van der Waals surface area contributed by atoms with Gasteiger partial charge in [0.1, 0.15) is 48.8 Å². The number of methoxy groups -OCH3 is 3. The number of benzene rings is 3. The smallest absolute Gasteiger partial charge is 0.220 e. The van der Waals surface area contributed by atoms with Crippen LogP contribution in [-0.2, 0) is 71.9 Å². The average molecular weight is 741 g/mol. The number of hydrogen-bond donors (Lipinski definition) is 2. The van der Waals surface area contributed by atoms with Gasteiger partial charge in [-0.15, -0.1) is 0 Å². The Bertz CT molecular complexity index is 1520. The highest BCUT2D eigenvalue weighted by molar-refractivity contribution is 5.16. The van der Waals surface area contributed by atoms with Crippen LogP contribution >= 0.6 is 0 Å². The number of hydrogen-bond acceptors (Lipinski definition) is 13. The van der Waals surface area contributed by atoms with E-state index in [1.807, 2.05) is 91.0 Å². The molecule has 13 nitrogen and oxygen atoms in total. The van der Waals surface area contributed by atoms with E-state index in [0.717, 1.165) is 16.7 Å². The molecule has 2 N–H and O–H groups in total. The van der Waals surface area contributed by atoms with Gasteiger partial charge in [0, 0.05) is 21.3 Å². The minimum absolute atomic E-state index is 0.186. The first-order valence-corrected chi connectivity index (χ1v) is 17.9. The summed E-state index contributed by atoms with van der Waals surface area (Å²) in [6.07, 6.45) is -9.29. The number of aliphatic hydroxyl groups is 2. The maximum Gasteiger partial charge on any atom is 0.220 e. The van der Waals surface area contributed by atoms with Crippen LogP contribution < -0.4 is 0 Å². The van der Waals surface area contributed by atoms with Gasteiger partial charge in [-0.3, -0.25) is 0 Å². The summed E-state index contributed by atoms with van der Waals surface area (Å²) >= 11 is 0. The Morgan fingerprint density at radius 2 is 0.943 bits per heavy atom. The zero-order valence-corrected chi connectivity index (χ0v) is 30.9. The lowest BCUT2D eigenvalue weighted by molar-refractivity contribution is -0.489. The summed E-state index contributed by atoms with van der Waals surface area (Å²) in [7, 11) is 4.45. The fraction of sp³-hybridized carbons (Fsp3) is 0.550. The Hall–Kier alpha value is -2.86. The van der Waals surface area contributed by atoms with Crippen molar-refractivity contribution >= 4 is 0 Å². The van der Waals surface area contributed by atoms with Crippen molar-refractivity contribution in [1.82, 2.24) is 0 Å². The quantitative estimate of drug-likeness (QED) is 0.221. The highest BCUT2D eigenvalue weighted by Crippen LogP contribution is 2.45. The van der Waals surface area contributed by atoms with Crippen molar-refractivity contribution in [2.75, 3.05) is 34.5 Å². The lowest BCUT2D eigenvalue weighted by Crippen LogP contribution is -2.74. The lowest BCUT2D eigenvalue weighted by atomic mass is 9.93. The Morgan fingerprint density at radius 3 is 1.40 bits per heavy atom. The van der Waals surface area contributed by atoms with Crippen LogP contribution in [0.3, 0.4) is 0 Å². The van der Waals surface area contributed by atoms with Crippen LogP contribution in [0.5, 0.6) is 0 Å². The van der Waals surface area contributed by atoms with Crippen LogP contribution in [0, 0.1) is 0 Å². The van der Waals surface area contributed by atoms with Gasteiger partial charge in [0.05, 0.1) is 33.0 Å². The van der Waals surface area contributed by atoms with Crippen molar-refractivity contribution in [3.05, 3.63) is 108 Å². The molecule has 3 aromatic carbocycles. The molecule has 13 heteroatoms. The van der Waals surface area contributed by atoms with Gasteiger partial charge in [0.2, 0.25) is 11.6 Å². The van der Waals surface area contributed by atoms with Gasteiger partial charge in [-0.1, -0.05) is 91.0 Å². The van der Waals surface area contributed by atoms with Crippen LogP contribution in [0.1, 0.15) is 30.5 Å². The molecule has 3 fully saturated rings. The van der Waals surface area contributed by atoms with Crippen LogP contribution in [0.2, 0.25) is 0 Å². The highest BCUT2D eigenvalue weighted by atomic mass is 16.8. The van der Waals surface area contributed by atoms with Crippen molar-refractivity contribution < 1.29 is 62.3 Å². The summed E-state index contributed by atoms with van der Waals surface area (Å²) in [5.41, 5.74) is 2.78. The summed E-state index contributed by atoms with van der Waals surface area (Å²) in [6, 6.07) is 29.2. The standard InChI is InChI=1S/C40H52O13/c1-39(44-4)40(2,45-5)53-36-34(52-39)32(30(22-42)49-37(36)43-3)51-38-35(48-25-28-19-13-8-14-20-28)33(47-24-27-17-11-7-12-18-27)31(29(21-41)50-38)46-23-26-15-9-6-10-16-26/h6-20,29-38,41-42H,21-25H2,1-5H3/t29-,30-,31-,32-,33+,34+,35-,36-,37+,38-,39-,40-/m1/s1. The summed E-state index contributed by atoms with van der Waals surface area (Å²) in [6.45, 7) is 3.17. The van der Waals surface area contributed by atoms with Crippen molar-refractivity contribution in [2.24, 2.45) is 0 Å². The first-order chi connectivity index (χ1) is 25.8. The van der Waals surface area contributed by atoms with E-state index < -0.39 is 86.2 Å². The van der Waals surface area contributed by atoms with Gasteiger partial charge in [0.15, 0.2) is 12.6 Å². The van der Waals surface area contributed by atoms with Crippen molar-refractivity contribution in [3.63, 3.8) is 0 Å². The van der Waals surface area contributed by atoms with Gasteiger partial charge < -0.3 is 62.3 Å². The zero-order chi connectivity index (χ0) is 37.4. The molecule has 0 unspecified atom stereocenters. The monoisotopic (exact) mass is 740 g/mol. The Labute approximate surface area is 310 Å². The third-order valence-corrected chi connectivity index (χ3v) is 10.2. The molecule has 0 saturated carbocycles. The zero-order valence-electron chi connectivity index (χ0n) is 30.9. The first kappa shape index (κ1) is 39.8. The van der Waals surface area contributed by atoms with Gasteiger partial charge in [-0.2, -0.15) is 0 Å². The van der Waals surface area contributed by atoms with E-state index in [1.165, 1.54) is 21.3 Å². The number of fused-ring (bicyclic) bond motifs is 1. The SMILES string of the molecule is CO[C@H]1O[C@H](CO)[C@@H](O[C@H]2O[C@H](CO)[C@@H](OCc3ccccc3)[C@H](OCc3ccccc3)[C@H]2OCc2ccccc2)[C@@H]2O[C@@](C)(OC)[C@](C)(OC)O[C@@H]12. The number of aliphatic hydroxyl groups excluding tert-OH is 2. The van der Waals surface area contributed by atoms with E-state index in [0.29, 0.717) is 0 Å². The molecule has 3 heterocycles. The second-order valence-corrected chi connectivity index (χ2v) is 13.5. The minimum atomic E-state index is -1.41. The van der Waals surface area contributed by atoms with E-state index in [9.17, 15) is 10.2 Å². The fourth-order valence-electron chi connectivity index (χ4n) is 7.00. The summed E-state index contributed by atoms with van der Waals surface area (Å²) in [5, 5.41) is 21.5. The van der Waals surface area contributed by atoms with Crippen molar-refractivity contribution in [1.29, 1.82) is 0 Å².